The number of nitrogens with zero attached hydrogens (tertiary/aromatic N) is 4. The molecule has 0 saturated heterocycles. The lowest BCUT2D eigenvalue weighted by molar-refractivity contribution is 0.483. The summed E-state index contributed by atoms with van der Waals surface area (Å²) in [7, 11) is 0. The third kappa shape index (κ3) is 7.12. The second kappa shape index (κ2) is 15.4. The van der Waals surface area contributed by atoms with Crippen molar-refractivity contribution in [2.75, 3.05) is 16.5 Å². The minimum Gasteiger partial charge on any atom is -0.457 e. The van der Waals surface area contributed by atoms with Crippen molar-refractivity contribution in [1.82, 2.24) is 9.55 Å². The number of fused-ring (bicyclic) bond motifs is 4. The number of hydrogen-bond acceptors (Lipinski definition) is 4. The van der Waals surface area contributed by atoms with Crippen LogP contribution < -0.4 is 14.5 Å². The van der Waals surface area contributed by atoms with E-state index in [0.717, 1.165) is 39.7 Å². The molecule has 0 bridgehead atoms. The fourth-order valence-corrected chi connectivity index (χ4v) is 9.52. The van der Waals surface area contributed by atoms with Crippen molar-refractivity contribution in [3.05, 3.63) is 216 Å². The van der Waals surface area contributed by atoms with E-state index >= 15 is 0 Å². The zero-order valence-corrected chi connectivity index (χ0v) is 37.3. The summed E-state index contributed by atoms with van der Waals surface area (Å²) in [5.74, 6) is 2.42. The van der Waals surface area contributed by atoms with E-state index in [2.05, 4.69) is 239 Å². The molecule has 0 fully saturated rings. The van der Waals surface area contributed by atoms with Gasteiger partial charge in [0.2, 0.25) is 0 Å². The average Bonchev–Trinajstić information content (AvgIpc) is 3.86. The normalized spacial score (nSPS) is 13.2. The standard InChI is InChI=1S/C58H54N4O/c1-56(2,3)49-27-18-30-52-55(49)48-32-31-47(38-53(48)62(52)54-36-43(33-34-59-54)58(6,7)41-21-12-9-13-22-41)63-46-26-17-25-45(37-46)61-39-60(50-28-14-15-29-51(50)61)44-24-16-23-42(35-44)57(4,5)40-19-10-8-11-20-40/h8-38H,39H2,1-7H3. The van der Waals surface area contributed by atoms with Crippen molar-refractivity contribution in [2.45, 2.75) is 64.7 Å². The van der Waals surface area contributed by atoms with Gasteiger partial charge in [-0.25, -0.2) is 4.98 Å². The van der Waals surface area contributed by atoms with Crippen molar-refractivity contribution >= 4 is 44.6 Å². The van der Waals surface area contributed by atoms with Crippen molar-refractivity contribution in [3.63, 3.8) is 0 Å². The van der Waals surface area contributed by atoms with Crippen molar-refractivity contribution in [3.8, 4) is 17.3 Å². The van der Waals surface area contributed by atoms with E-state index in [-0.39, 0.29) is 16.2 Å². The summed E-state index contributed by atoms with van der Waals surface area (Å²) in [4.78, 5) is 9.83. The third-order valence-corrected chi connectivity index (χ3v) is 13.2. The Morgan fingerprint density at radius 1 is 0.460 bits per heavy atom. The molecule has 7 aromatic carbocycles. The lowest BCUT2D eigenvalue weighted by Crippen LogP contribution is -2.25. The molecule has 9 aromatic rings. The van der Waals surface area contributed by atoms with Gasteiger partial charge < -0.3 is 14.5 Å². The second-order valence-electron chi connectivity index (χ2n) is 19.0. The van der Waals surface area contributed by atoms with Crippen LogP contribution in [0.3, 0.4) is 0 Å². The summed E-state index contributed by atoms with van der Waals surface area (Å²) >= 11 is 0. The highest BCUT2D eigenvalue weighted by Gasteiger charge is 2.31. The molecule has 0 spiro atoms. The molecule has 1 aliphatic rings. The molecule has 0 radical (unpaired) electrons. The second-order valence-corrected chi connectivity index (χ2v) is 19.0. The highest BCUT2D eigenvalue weighted by Crippen LogP contribution is 2.46. The van der Waals surface area contributed by atoms with Gasteiger partial charge in [0, 0.05) is 51.3 Å². The molecule has 1 aliphatic heterocycles. The zero-order chi connectivity index (χ0) is 43.5. The zero-order valence-electron chi connectivity index (χ0n) is 37.3. The Morgan fingerprint density at radius 3 is 1.67 bits per heavy atom. The van der Waals surface area contributed by atoms with E-state index in [9.17, 15) is 0 Å². The Bertz CT molecular complexity index is 3120. The molecule has 2 aromatic heterocycles. The minimum absolute atomic E-state index is 0.0653. The maximum atomic E-state index is 6.83. The fourth-order valence-electron chi connectivity index (χ4n) is 9.52. The number of anilines is 4. The molecule has 0 aliphatic carbocycles. The fraction of sp³-hybridized carbons (Fsp3) is 0.190. The molecular weight excluding hydrogens is 769 g/mol. The van der Waals surface area contributed by atoms with Crippen LogP contribution in [0.5, 0.6) is 11.5 Å². The van der Waals surface area contributed by atoms with Gasteiger partial charge in [0.15, 0.2) is 0 Å². The predicted octanol–water partition coefficient (Wildman–Crippen LogP) is 15.2. The van der Waals surface area contributed by atoms with Crippen LogP contribution in [0.4, 0.5) is 22.7 Å². The lowest BCUT2D eigenvalue weighted by Gasteiger charge is -2.28. The smallest absolute Gasteiger partial charge is 0.137 e. The van der Waals surface area contributed by atoms with Crippen LogP contribution in [0.2, 0.25) is 0 Å². The van der Waals surface area contributed by atoms with Crippen LogP contribution >= 0.6 is 0 Å². The van der Waals surface area contributed by atoms with Gasteiger partial charge in [-0.05, 0) is 100.0 Å². The SMILES string of the molecule is CC(C)(C)c1cccc2c1c1ccc(Oc3cccc(N4CN(c5cccc(C(C)(C)c6ccccc6)c5)c5ccccc54)c3)cc1n2-c1cc(C(C)(C)c2ccccc2)ccn1. The number of para-hydroxylation sites is 2. The number of aromatic nitrogens is 2. The molecule has 0 saturated carbocycles. The Hall–Kier alpha value is -7.11. The van der Waals surface area contributed by atoms with Gasteiger partial charge in [-0.3, -0.25) is 4.57 Å². The first-order valence-electron chi connectivity index (χ1n) is 22.1. The van der Waals surface area contributed by atoms with E-state index in [1.165, 1.54) is 50.0 Å². The van der Waals surface area contributed by atoms with Crippen LogP contribution in [0.1, 0.15) is 76.3 Å². The summed E-state index contributed by atoms with van der Waals surface area (Å²) in [6.45, 7) is 16.7. The average molecular weight is 823 g/mol. The molecule has 3 heterocycles. The monoisotopic (exact) mass is 822 g/mol. The van der Waals surface area contributed by atoms with Gasteiger partial charge >= 0.3 is 0 Å². The molecule has 5 nitrogen and oxygen atoms in total. The van der Waals surface area contributed by atoms with Crippen molar-refractivity contribution in [1.29, 1.82) is 0 Å². The van der Waals surface area contributed by atoms with Gasteiger partial charge in [-0.2, -0.15) is 0 Å². The number of hydrogen-bond donors (Lipinski definition) is 0. The topological polar surface area (TPSA) is 33.5 Å². The first-order chi connectivity index (χ1) is 30.4. The Kier molecular flexibility index (Phi) is 9.75. The maximum absolute atomic E-state index is 6.83. The lowest BCUT2D eigenvalue weighted by atomic mass is 9.78. The number of rotatable bonds is 9. The van der Waals surface area contributed by atoms with Crippen molar-refractivity contribution < 1.29 is 4.74 Å². The molecule has 0 amide bonds. The van der Waals surface area contributed by atoms with E-state index in [1.54, 1.807) is 0 Å². The van der Waals surface area contributed by atoms with E-state index in [1.807, 2.05) is 12.3 Å². The van der Waals surface area contributed by atoms with E-state index in [0.29, 0.717) is 6.67 Å². The Morgan fingerprint density at radius 2 is 1.02 bits per heavy atom. The molecule has 0 N–H and O–H groups in total. The number of pyridine rings is 1. The quantitative estimate of drug-likeness (QED) is 0.145. The summed E-state index contributed by atoms with van der Waals surface area (Å²) in [5, 5.41) is 2.42. The Labute approximate surface area is 371 Å². The van der Waals surface area contributed by atoms with Gasteiger partial charge in [-0.15, -0.1) is 0 Å². The van der Waals surface area contributed by atoms with E-state index < -0.39 is 0 Å². The van der Waals surface area contributed by atoms with Crippen LogP contribution in [-0.2, 0) is 16.2 Å². The van der Waals surface area contributed by atoms with Crippen LogP contribution in [0.25, 0.3) is 27.6 Å². The molecule has 312 valence electrons. The highest BCUT2D eigenvalue weighted by molar-refractivity contribution is 6.11. The molecule has 0 atom stereocenters. The first-order valence-corrected chi connectivity index (χ1v) is 22.1. The molecular formula is C58H54N4O. The van der Waals surface area contributed by atoms with Gasteiger partial charge in [0.25, 0.3) is 0 Å². The van der Waals surface area contributed by atoms with Crippen molar-refractivity contribution in [2.24, 2.45) is 0 Å². The summed E-state index contributed by atoms with van der Waals surface area (Å²) in [6, 6.07) is 65.2. The summed E-state index contributed by atoms with van der Waals surface area (Å²) < 4.78 is 9.15. The van der Waals surface area contributed by atoms with Crippen LogP contribution in [-0.4, -0.2) is 16.2 Å². The molecule has 5 heteroatoms. The predicted molar refractivity (Wildman–Crippen MR) is 263 cm³/mol. The maximum Gasteiger partial charge on any atom is 0.137 e. The Balaban J connectivity index is 1.01. The van der Waals surface area contributed by atoms with E-state index in [4.69, 9.17) is 9.72 Å². The molecule has 10 rings (SSSR count). The summed E-state index contributed by atoms with van der Waals surface area (Å²) in [5.41, 5.74) is 12.7. The van der Waals surface area contributed by atoms with Crippen LogP contribution in [0.15, 0.2) is 188 Å². The first kappa shape index (κ1) is 40.0. The number of ether oxygens (including phenoxy) is 1. The molecule has 63 heavy (non-hydrogen) atoms. The highest BCUT2D eigenvalue weighted by atomic mass is 16.5. The third-order valence-electron chi connectivity index (χ3n) is 13.2. The largest absolute Gasteiger partial charge is 0.457 e. The summed E-state index contributed by atoms with van der Waals surface area (Å²) in [6.07, 6.45) is 1.95. The molecule has 0 unspecified atom stereocenters. The van der Waals surface area contributed by atoms with Crippen LogP contribution in [0, 0.1) is 0 Å². The van der Waals surface area contributed by atoms with Gasteiger partial charge in [-0.1, -0.05) is 152 Å². The van der Waals surface area contributed by atoms with Gasteiger partial charge in [0.05, 0.1) is 22.4 Å². The van der Waals surface area contributed by atoms with Gasteiger partial charge in [0.1, 0.15) is 24.0 Å². The minimum atomic E-state index is -0.218. The number of benzene rings is 7.